The van der Waals surface area contributed by atoms with Crippen molar-refractivity contribution in [2.75, 3.05) is 0 Å². The predicted molar refractivity (Wildman–Crippen MR) is 66.8 cm³/mol. The van der Waals surface area contributed by atoms with Gasteiger partial charge in [0.15, 0.2) is 0 Å². The first-order valence-corrected chi connectivity index (χ1v) is 6.80. The normalized spacial score (nSPS) is 43.4. The zero-order valence-electron chi connectivity index (χ0n) is 11.3. The van der Waals surface area contributed by atoms with Crippen LogP contribution in [0.1, 0.15) is 66.7 Å². The van der Waals surface area contributed by atoms with Crippen molar-refractivity contribution in [1.29, 1.82) is 0 Å². The predicted octanol–water partition coefficient (Wildman–Crippen LogP) is 4.89. The zero-order valence-corrected chi connectivity index (χ0v) is 11.3. The van der Waals surface area contributed by atoms with E-state index in [2.05, 4.69) is 34.6 Å². The van der Waals surface area contributed by atoms with Crippen LogP contribution in [-0.4, -0.2) is 0 Å². The summed E-state index contributed by atoms with van der Waals surface area (Å²) in [4.78, 5) is 0. The summed E-state index contributed by atoms with van der Waals surface area (Å²) < 4.78 is 0. The molecule has 2 rings (SSSR count). The van der Waals surface area contributed by atoms with E-state index in [0.717, 1.165) is 17.8 Å². The highest BCUT2D eigenvalue weighted by Gasteiger charge is 2.47. The van der Waals surface area contributed by atoms with E-state index in [9.17, 15) is 0 Å². The molecule has 0 N–H and O–H groups in total. The highest BCUT2D eigenvalue weighted by atomic mass is 14.5. The Morgan fingerprint density at radius 2 is 1.67 bits per heavy atom. The van der Waals surface area contributed by atoms with Gasteiger partial charge in [-0.25, -0.2) is 0 Å². The smallest absolute Gasteiger partial charge is 0.0318 e. The number of hydrogen-bond acceptors (Lipinski definition) is 0. The molecular weight excluding hydrogens is 180 g/mol. The summed E-state index contributed by atoms with van der Waals surface area (Å²) >= 11 is 0. The van der Waals surface area contributed by atoms with Crippen LogP contribution in [0.15, 0.2) is 0 Å². The van der Waals surface area contributed by atoms with Crippen LogP contribution in [0.5, 0.6) is 0 Å². The van der Waals surface area contributed by atoms with E-state index in [1.165, 1.54) is 32.1 Å². The van der Waals surface area contributed by atoms with E-state index in [4.69, 9.17) is 0 Å². The lowest BCUT2D eigenvalue weighted by atomic mass is 9.51. The van der Waals surface area contributed by atoms with E-state index in [-0.39, 0.29) is 0 Å². The van der Waals surface area contributed by atoms with Crippen LogP contribution in [0.3, 0.4) is 0 Å². The second kappa shape index (κ2) is 3.50. The Kier molecular flexibility index (Phi) is 2.68. The van der Waals surface area contributed by atoms with Crippen molar-refractivity contribution >= 4 is 0 Å². The fourth-order valence-corrected chi connectivity index (χ4v) is 4.90. The number of hydrogen-bond donors (Lipinski definition) is 0. The fourth-order valence-electron chi connectivity index (χ4n) is 4.90. The summed E-state index contributed by atoms with van der Waals surface area (Å²) in [6.07, 6.45) is 7.37. The Bertz CT molecular complexity index is 236. The van der Waals surface area contributed by atoms with Crippen LogP contribution in [0, 0.1) is 28.6 Å². The lowest BCUT2D eigenvalue weighted by Gasteiger charge is -2.54. The Balaban J connectivity index is 2.18. The van der Waals surface area contributed by atoms with Crippen LogP contribution in [0.2, 0.25) is 0 Å². The molecule has 0 aromatic carbocycles. The van der Waals surface area contributed by atoms with Crippen molar-refractivity contribution < 1.29 is 0 Å². The second-order valence-electron chi connectivity index (χ2n) is 7.82. The first kappa shape index (κ1) is 11.5. The van der Waals surface area contributed by atoms with Crippen molar-refractivity contribution in [2.24, 2.45) is 28.6 Å². The van der Waals surface area contributed by atoms with E-state index >= 15 is 0 Å². The second-order valence-corrected chi connectivity index (χ2v) is 7.82. The number of fused-ring (bicyclic) bond motifs is 1. The van der Waals surface area contributed by atoms with Crippen molar-refractivity contribution in [3.8, 4) is 0 Å². The van der Waals surface area contributed by atoms with Crippen molar-refractivity contribution in [3.05, 3.63) is 0 Å². The van der Waals surface area contributed by atoms with Gasteiger partial charge in [0.25, 0.3) is 0 Å². The van der Waals surface area contributed by atoms with Crippen LogP contribution in [0.4, 0.5) is 0 Å². The Labute approximate surface area is 95.8 Å². The molecule has 2 fully saturated rings. The molecule has 0 saturated heterocycles. The Morgan fingerprint density at radius 1 is 1.00 bits per heavy atom. The summed E-state index contributed by atoms with van der Waals surface area (Å²) in [6.45, 7) is 12.4. The first-order valence-electron chi connectivity index (χ1n) is 6.80. The highest BCUT2D eigenvalue weighted by molar-refractivity contribution is 4.97. The van der Waals surface area contributed by atoms with Gasteiger partial charge >= 0.3 is 0 Å². The summed E-state index contributed by atoms with van der Waals surface area (Å²) in [5, 5.41) is 0. The molecule has 0 aromatic rings. The van der Waals surface area contributed by atoms with Crippen LogP contribution in [-0.2, 0) is 0 Å². The SMILES string of the molecule is C[C@@H]1CCC2C(C1)CC(C)(C)CC2(C)C. The van der Waals surface area contributed by atoms with E-state index in [0.29, 0.717) is 10.8 Å². The molecule has 0 spiro atoms. The van der Waals surface area contributed by atoms with Gasteiger partial charge in [-0.3, -0.25) is 0 Å². The average Bonchev–Trinajstić information content (AvgIpc) is 1.97. The monoisotopic (exact) mass is 208 g/mol. The molecule has 88 valence electrons. The van der Waals surface area contributed by atoms with Gasteiger partial charge in [-0.1, -0.05) is 41.0 Å². The van der Waals surface area contributed by atoms with Crippen LogP contribution in [0.25, 0.3) is 0 Å². The topological polar surface area (TPSA) is 0 Å². The molecule has 0 radical (unpaired) electrons. The number of rotatable bonds is 0. The molecule has 2 aliphatic rings. The van der Waals surface area contributed by atoms with Crippen molar-refractivity contribution in [3.63, 3.8) is 0 Å². The minimum absolute atomic E-state index is 0.585. The lowest BCUT2D eigenvalue weighted by molar-refractivity contribution is -0.0366. The van der Waals surface area contributed by atoms with Crippen molar-refractivity contribution in [2.45, 2.75) is 66.7 Å². The summed E-state index contributed by atoms with van der Waals surface area (Å²) in [7, 11) is 0. The molecule has 2 saturated carbocycles. The maximum Gasteiger partial charge on any atom is -0.0318 e. The third kappa shape index (κ3) is 2.24. The van der Waals surface area contributed by atoms with Crippen LogP contribution < -0.4 is 0 Å². The molecule has 3 atom stereocenters. The molecule has 2 unspecified atom stereocenters. The fraction of sp³-hybridized carbons (Fsp3) is 1.00. The Morgan fingerprint density at radius 3 is 2.33 bits per heavy atom. The molecule has 2 aliphatic carbocycles. The molecule has 0 nitrogen and oxygen atoms in total. The van der Waals surface area contributed by atoms with Gasteiger partial charge < -0.3 is 0 Å². The minimum Gasteiger partial charge on any atom is -0.0625 e. The summed E-state index contributed by atoms with van der Waals surface area (Å²) in [6, 6.07) is 0. The molecule has 0 aromatic heterocycles. The minimum atomic E-state index is 0.585. The van der Waals surface area contributed by atoms with E-state index in [1.54, 1.807) is 0 Å². The van der Waals surface area contributed by atoms with Gasteiger partial charge in [0, 0.05) is 0 Å². The lowest BCUT2D eigenvalue weighted by Crippen LogP contribution is -2.44. The standard InChI is InChI=1S/C15H28/c1-11-6-7-13-12(8-11)9-14(2,3)10-15(13,4)5/h11-13H,6-10H2,1-5H3/t11-,12?,13?/m1/s1. The van der Waals surface area contributed by atoms with Crippen LogP contribution >= 0.6 is 0 Å². The maximum absolute atomic E-state index is 2.52. The maximum atomic E-state index is 2.52. The molecule has 15 heavy (non-hydrogen) atoms. The highest BCUT2D eigenvalue weighted by Crippen LogP contribution is 2.57. The molecule has 0 aliphatic heterocycles. The summed E-state index contributed by atoms with van der Waals surface area (Å²) in [5.74, 6) is 3.02. The van der Waals surface area contributed by atoms with E-state index in [1.807, 2.05) is 0 Å². The van der Waals surface area contributed by atoms with Gasteiger partial charge in [0.2, 0.25) is 0 Å². The quantitative estimate of drug-likeness (QED) is 0.532. The largest absolute Gasteiger partial charge is 0.0625 e. The first-order chi connectivity index (χ1) is 6.80. The van der Waals surface area contributed by atoms with Gasteiger partial charge in [-0.15, -0.1) is 0 Å². The van der Waals surface area contributed by atoms with Gasteiger partial charge in [0.1, 0.15) is 0 Å². The zero-order chi connectivity index (χ0) is 11.3. The summed E-state index contributed by atoms with van der Waals surface area (Å²) in [5.41, 5.74) is 1.17. The molecule has 0 bridgehead atoms. The third-order valence-electron chi connectivity index (χ3n) is 5.00. The Hall–Kier alpha value is 0. The van der Waals surface area contributed by atoms with Gasteiger partial charge in [-0.2, -0.15) is 0 Å². The van der Waals surface area contributed by atoms with E-state index < -0.39 is 0 Å². The average molecular weight is 208 g/mol. The third-order valence-corrected chi connectivity index (χ3v) is 5.00. The molecular formula is C15H28. The van der Waals surface area contributed by atoms with Gasteiger partial charge in [0.05, 0.1) is 0 Å². The molecule has 0 heterocycles. The van der Waals surface area contributed by atoms with Gasteiger partial charge in [-0.05, 0) is 54.3 Å². The molecule has 0 heteroatoms. The van der Waals surface area contributed by atoms with Crippen molar-refractivity contribution in [1.82, 2.24) is 0 Å². The molecule has 0 amide bonds.